The minimum Gasteiger partial charge on any atom is -0.382 e. The zero-order valence-electron chi connectivity index (χ0n) is 12.1. The quantitative estimate of drug-likeness (QED) is 0.755. The van der Waals surface area contributed by atoms with E-state index in [-0.39, 0.29) is 0 Å². The van der Waals surface area contributed by atoms with Crippen molar-refractivity contribution >= 4 is 0 Å². The van der Waals surface area contributed by atoms with Crippen molar-refractivity contribution in [1.82, 2.24) is 5.32 Å². The van der Waals surface area contributed by atoms with E-state index >= 15 is 0 Å². The normalized spacial score (nSPS) is 23.4. The smallest absolute Gasteiger partial charge is 0.0477 e. The molecule has 0 spiro atoms. The molecule has 106 valence electrons. The summed E-state index contributed by atoms with van der Waals surface area (Å²) < 4.78 is 5.36. The molecule has 2 nitrogen and oxygen atoms in total. The van der Waals surface area contributed by atoms with Gasteiger partial charge < -0.3 is 10.1 Å². The monoisotopic (exact) mass is 261 g/mol. The Kier molecular flexibility index (Phi) is 6.38. The fraction of sp³-hybridized carbons (Fsp3) is 0.647. The summed E-state index contributed by atoms with van der Waals surface area (Å²) >= 11 is 0. The summed E-state index contributed by atoms with van der Waals surface area (Å²) in [7, 11) is 0. The predicted molar refractivity (Wildman–Crippen MR) is 80.6 cm³/mol. The molecule has 0 atom stereocenters. The number of benzene rings is 1. The molecule has 1 aromatic rings. The van der Waals surface area contributed by atoms with E-state index in [2.05, 4.69) is 42.6 Å². The van der Waals surface area contributed by atoms with Crippen LogP contribution in [0.3, 0.4) is 0 Å². The van der Waals surface area contributed by atoms with E-state index in [1.54, 1.807) is 0 Å². The van der Waals surface area contributed by atoms with Crippen LogP contribution in [0, 0.1) is 0 Å². The molecular formula is C17H27NO. The maximum absolute atomic E-state index is 5.36. The molecule has 1 aliphatic rings. The van der Waals surface area contributed by atoms with Crippen molar-refractivity contribution in [2.75, 3.05) is 19.8 Å². The average molecular weight is 261 g/mol. The summed E-state index contributed by atoms with van der Waals surface area (Å²) in [4.78, 5) is 0. The third kappa shape index (κ3) is 4.96. The van der Waals surface area contributed by atoms with Crippen molar-refractivity contribution < 1.29 is 4.74 Å². The predicted octanol–water partition coefficient (Wildman–Crippen LogP) is 3.73. The fourth-order valence-electron chi connectivity index (χ4n) is 2.98. The second-order valence-corrected chi connectivity index (χ2v) is 5.46. The number of nitrogens with one attached hydrogen (secondary N) is 1. The summed E-state index contributed by atoms with van der Waals surface area (Å²) in [5, 5.41) is 3.67. The van der Waals surface area contributed by atoms with E-state index in [0.29, 0.717) is 0 Å². The van der Waals surface area contributed by atoms with E-state index < -0.39 is 0 Å². The number of hydrogen-bond donors (Lipinski definition) is 1. The molecule has 1 fully saturated rings. The molecule has 0 heterocycles. The zero-order chi connectivity index (χ0) is 13.3. The van der Waals surface area contributed by atoms with Crippen LogP contribution < -0.4 is 5.32 Å². The molecule has 0 radical (unpaired) electrons. The lowest BCUT2D eigenvalue weighted by molar-refractivity contribution is 0.143. The van der Waals surface area contributed by atoms with Crippen LogP contribution in [0.25, 0.3) is 0 Å². The van der Waals surface area contributed by atoms with E-state index in [9.17, 15) is 0 Å². The second-order valence-electron chi connectivity index (χ2n) is 5.46. The topological polar surface area (TPSA) is 21.3 Å². The molecule has 0 bridgehead atoms. The Morgan fingerprint density at radius 2 is 1.84 bits per heavy atom. The van der Waals surface area contributed by atoms with Gasteiger partial charge in [0.15, 0.2) is 0 Å². The standard InChI is InChI=1S/C17H27NO/c1-2-19-14-6-13-18-17-11-9-16(10-12-17)15-7-4-3-5-8-15/h3-5,7-8,16-18H,2,6,9-14H2,1H3. The molecule has 2 heteroatoms. The van der Waals surface area contributed by atoms with Gasteiger partial charge in [0.1, 0.15) is 0 Å². The second kappa shape index (κ2) is 8.34. The highest BCUT2D eigenvalue weighted by atomic mass is 16.5. The summed E-state index contributed by atoms with van der Waals surface area (Å²) in [6.45, 7) is 4.88. The first-order chi connectivity index (χ1) is 9.40. The van der Waals surface area contributed by atoms with Crippen LogP contribution in [-0.4, -0.2) is 25.8 Å². The number of rotatable bonds is 7. The van der Waals surface area contributed by atoms with Crippen molar-refractivity contribution in [3.8, 4) is 0 Å². The summed E-state index contributed by atoms with van der Waals surface area (Å²) in [6.07, 6.45) is 6.41. The zero-order valence-corrected chi connectivity index (χ0v) is 12.1. The first-order valence-corrected chi connectivity index (χ1v) is 7.76. The molecule has 2 rings (SSSR count). The minimum absolute atomic E-state index is 0.724. The Labute approximate surface area is 117 Å². The van der Waals surface area contributed by atoms with Crippen LogP contribution in [0.2, 0.25) is 0 Å². The number of ether oxygens (including phenoxy) is 1. The van der Waals surface area contributed by atoms with E-state index in [1.807, 2.05) is 0 Å². The van der Waals surface area contributed by atoms with Crippen molar-refractivity contribution in [3.63, 3.8) is 0 Å². The third-order valence-electron chi connectivity index (χ3n) is 4.10. The van der Waals surface area contributed by atoms with Crippen molar-refractivity contribution in [3.05, 3.63) is 35.9 Å². The highest BCUT2D eigenvalue weighted by Crippen LogP contribution is 2.32. The molecule has 1 saturated carbocycles. The molecule has 0 unspecified atom stereocenters. The van der Waals surface area contributed by atoms with Gasteiger partial charge in [-0.25, -0.2) is 0 Å². The molecule has 1 aromatic carbocycles. The molecular weight excluding hydrogens is 234 g/mol. The average Bonchev–Trinajstić information content (AvgIpc) is 2.49. The Balaban J connectivity index is 1.63. The third-order valence-corrected chi connectivity index (χ3v) is 4.10. The van der Waals surface area contributed by atoms with E-state index in [1.165, 1.54) is 31.2 Å². The van der Waals surface area contributed by atoms with Crippen LogP contribution in [0.5, 0.6) is 0 Å². The van der Waals surface area contributed by atoms with Crippen LogP contribution >= 0.6 is 0 Å². The van der Waals surface area contributed by atoms with Crippen LogP contribution in [0.1, 0.15) is 50.5 Å². The minimum atomic E-state index is 0.724. The van der Waals surface area contributed by atoms with Gasteiger partial charge in [-0.1, -0.05) is 30.3 Å². The first kappa shape index (κ1) is 14.5. The van der Waals surface area contributed by atoms with Gasteiger partial charge in [0.05, 0.1) is 0 Å². The van der Waals surface area contributed by atoms with E-state index in [0.717, 1.165) is 38.1 Å². The Morgan fingerprint density at radius 1 is 1.11 bits per heavy atom. The van der Waals surface area contributed by atoms with Crippen molar-refractivity contribution in [2.24, 2.45) is 0 Å². The van der Waals surface area contributed by atoms with Crippen molar-refractivity contribution in [2.45, 2.75) is 51.0 Å². The molecule has 19 heavy (non-hydrogen) atoms. The van der Waals surface area contributed by atoms with Gasteiger partial charge >= 0.3 is 0 Å². The summed E-state index contributed by atoms with van der Waals surface area (Å²) in [5.74, 6) is 0.780. The molecule has 0 aromatic heterocycles. The lowest BCUT2D eigenvalue weighted by atomic mass is 9.82. The Hall–Kier alpha value is -0.860. The van der Waals surface area contributed by atoms with Gasteiger partial charge in [0.25, 0.3) is 0 Å². The van der Waals surface area contributed by atoms with Gasteiger partial charge in [-0.05, 0) is 57.1 Å². The largest absolute Gasteiger partial charge is 0.382 e. The highest BCUT2D eigenvalue weighted by Gasteiger charge is 2.21. The number of hydrogen-bond acceptors (Lipinski definition) is 2. The molecule has 0 aliphatic heterocycles. The Bertz CT molecular complexity index is 330. The first-order valence-electron chi connectivity index (χ1n) is 7.76. The summed E-state index contributed by atoms with van der Waals surface area (Å²) in [6, 6.07) is 11.7. The lowest BCUT2D eigenvalue weighted by Crippen LogP contribution is -2.33. The van der Waals surface area contributed by atoms with Crippen LogP contribution in [0.4, 0.5) is 0 Å². The SMILES string of the molecule is CCOCCCNC1CCC(c2ccccc2)CC1. The van der Waals surface area contributed by atoms with Crippen LogP contribution in [-0.2, 0) is 4.74 Å². The fourth-order valence-corrected chi connectivity index (χ4v) is 2.98. The van der Waals surface area contributed by atoms with E-state index in [4.69, 9.17) is 4.74 Å². The van der Waals surface area contributed by atoms with Crippen molar-refractivity contribution in [1.29, 1.82) is 0 Å². The molecule has 0 saturated heterocycles. The van der Waals surface area contributed by atoms with Gasteiger partial charge in [-0.3, -0.25) is 0 Å². The van der Waals surface area contributed by atoms with Gasteiger partial charge in [-0.2, -0.15) is 0 Å². The Morgan fingerprint density at radius 3 is 2.53 bits per heavy atom. The maximum Gasteiger partial charge on any atom is 0.0477 e. The lowest BCUT2D eigenvalue weighted by Gasteiger charge is -2.29. The summed E-state index contributed by atoms with van der Waals surface area (Å²) in [5.41, 5.74) is 1.53. The van der Waals surface area contributed by atoms with Gasteiger partial charge in [-0.15, -0.1) is 0 Å². The maximum atomic E-state index is 5.36. The van der Waals surface area contributed by atoms with Gasteiger partial charge in [0, 0.05) is 19.3 Å². The molecule has 1 N–H and O–H groups in total. The molecule has 1 aliphatic carbocycles. The van der Waals surface area contributed by atoms with Crippen LogP contribution in [0.15, 0.2) is 30.3 Å². The van der Waals surface area contributed by atoms with Gasteiger partial charge in [0.2, 0.25) is 0 Å². The molecule has 0 amide bonds. The highest BCUT2D eigenvalue weighted by molar-refractivity contribution is 5.20.